The molecule has 1 heterocycles. The standard InChI is InChI=1S/C18H19N3O7/c22-15(19-13-7-3-4-8-14(13)21(26)27)10-28-16(23)9-20-17(24)11-5-1-2-6-12(11)18(20)25/h3-4,7-8,11-12H,1-2,5-6,9-10H2,(H,19,22)/t11-,12+. The van der Waals surface area contributed by atoms with E-state index >= 15 is 0 Å². The first-order chi connectivity index (χ1) is 13.4. The molecule has 2 fully saturated rings. The van der Waals surface area contributed by atoms with Crippen LogP contribution in [0.5, 0.6) is 0 Å². The lowest BCUT2D eigenvalue weighted by Crippen LogP contribution is -2.37. The number of ether oxygens (including phenoxy) is 1. The van der Waals surface area contributed by atoms with Crippen molar-refractivity contribution in [2.24, 2.45) is 11.8 Å². The van der Waals surface area contributed by atoms with Gasteiger partial charge in [0, 0.05) is 6.07 Å². The Morgan fingerprint density at radius 2 is 1.75 bits per heavy atom. The van der Waals surface area contributed by atoms with Crippen LogP contribution < -0.4 is 5.32 Å². The number of hydrogen-bond donors (Lipinski definition) is 1. The Morgan fingerprint density at radius 1 is 1.14 bits per heavy atom. The molecule has 1 aliphatic heterocycles. The van der Waals surface area contributed by atoms with Gasteiger partial charge >= 0.3 is 5.97 Å². The Kier molecular flexibility index (Phi) is 5.67. The van der Waals surface area contributed by atoms with E-state index in [1.807, 2.05) is 0 Å². The topological polar surface area (TPSA) is 136 Å². The number of nitro benzene ring substituents is 1. The molecular weight excluding hydrogens is 370 g/mol. The smallest absolute Gasteiger partial charge is 0.326 e. The maximum atomic E-state index is 12.3. The number of benzene rings is 1. The molecule has 10 nitrogen and oxygen atoms in total. The van der Waals surface area contributed by atoms with E-state index in [2.05, 4.69) is 5.32 Å². The van der Waals surface area contributed by atoms with Gasteiger partial charge in [0.1, 0.15) is 12.2 Å². The molecule has 0 aromatic heterocycles. The van der Waals surface area contributed by atoms with Crippen LogP contribution in [0.1, 0.15) is 25.7 Å². The van der Waals surface area contributed by atoms with Crippen LogP contribution in [-0.4, -0.2) is 46.7 Å². The Bertz CT molecular complexity index is 814. The van der Waals surface area contributed by atoms with Gasteiger partial charge in [0.15, 0.2) is 6.61 Å². The fraction of sp³-hybridized carbons (Fsp3) is 0.444. The van der Waals surface area contributed by atoms with Crippen LogP contribution in [0.3, 0.4) is 0 Å². The first-order valence-corrected chi connectivity index (χ1v) is 8.92. The number of fused-ring (bicyclic) bond motifs is 1. The van der Waals surface area contributed by atoms with Crippen molar-refractivity contribution in [3.05, 3.63) is 34.4 Å². The summed E-state index contributed by atoms with van der Waals surface area (Å²) in [4.78, 5) is 59.7. The highest BCUT2D eigenvalue weighted by Crippen LogP contribution is 2.37. The number of hydrogen-bond acceptors (Lipinski definition) is 7. The van der Waals surface area contributed by atoms with Gasteiger partial charge < -0.3 is 10.1 Å². The molecular formula is C18H19N3O7. The van der Waals surface area contributed by atoms with Crippen molar-refractivity contribution >= 4 is 35.1 Å². The number of nitrogens with zero attached hydrogens (tertiary/aromatic N) is 2. The first-order valence-electron chi connectivity index (χ1n) is 8.92. The van der Waals surface area contributed by atoms with Gasteiger partial charge in [0.25, 0.3) is 11.6 Å². The van der Waals surface area contributed by atoms with Crippen LogP contribution in [0, 0.1) is 22.0 Å². The summed E-state index contributed by atoms with van der Waals surface area (Å²) in [6, 6.07) is 5.54. The van der Waals surface area contributed by atoms with E-state index in [0.717, 1.165) is 17.7 Å². The van der Waals surface area contributed by atoms with Crippen molar-refractivity contribution in [2.75, 3.05) is 18.5 Å². The average molecular weight is 389 g/mol. The van der Waals surface area contributed by atoms with E-state index < -0.39 is 30.0 Å². The number of carbonyl (C=O) groups excluding carboxylic acids is 4. The van der Waals surface area contributed by atoms with Gasteiger partial charge in [-0.25, -0.2) is 0 Å². The number of imide groups is 1. The number of amides is 3. The number of carbonyl (C=O) groups is 4. The highest BCUT2D eigenvalue weighted by molar-refractivity contribution is 6.07. The molecule has 28 heavy (non-hydrogen) atoms. The second-order valence-electron chi connectivity index (χ2n) is 6.74. The van der Waals surface area contributed by atoms with Crippen molar-refractivity contribution in [3.63, 3.8) is 0 Å². The SMILES string of the molecule is O=C(COC(=O)CN1C(=O)[C@H]2CCCC[C@H]2C1=O)Nc1ccccc1[N+](=O)[O-]. The predicted molar refractivity (Wildman–Crippen MR) is 94.9 cm³/mol. The minimum absolute atomic E-state index is 0.0254. The molecule has 1 saturated carbocycles. The van der Waals surface area contributed by atoms with Crippen molar-refractivity contribution in [1.29, 1.82) is 0 Å². The Labute approximate surface area is 160 Å². The number of para-hydroxylation sites is 2. The quantitative estimate of drug-likeness (QED) is 0.335. The van der Waals surface area contributed by atoms with Gasteiger partial charge in [0.2, 0.25) is 11.8 Å². The van der Waals surface area contributed by atoms with Gasteiger partial charge in [-0.15, -0.1) is 0 Å². The third kappa shape index (κ3) is 4.00. The Hall–Kier alpha value is -3.30. The summed E-state index contributed by atoms with van der Waals surface area (Å²) >= 11 is 0. The molecule has 1 N–H and O–H groups in total. The molecule has 1 saturated heterocycles. The third-order valence-electron chi connectivity index (χ3n) is 4.96. The Morgan fingerprint density at radius 3 is 2.36 bits per heavy atom. The number of rotatable bonds is 6. The number of nitrogens with one attached hydrogen (secondary N) is 1. The molecule has 10 heteroatoms. The maximum absolute atomic E-state index is 12.3. The van der Waals surface area contributed by atoms with Crippen molar-refractivity contribution in [2.45, 2.75) is 25.7 Å². The van der Waals surface area contributed by atoms with E-state index in [9.17, 15) is 29.3 Å². The molecule has 148 valence electrons. The number of nitro groups is 1. The van der Waals surface area contributed by atoms with E-state index in [-0.39, 0.29) is 35.0 Å². The zero-order valence-electron chi connectivity index (χ0n) is 15.0. The number of likely N-dealkylation sites (tertiary alicyclic amines) is 1. The van der Waals surface area contributed by atoms with Crippen molar-refractivity contribution in [1.82, 2.24) is 4.90 Å². The highest BCUT2D eigenvalue weighted by Gasteiger charge is 2.48. The van der Waals surface area contributed by atoms with Gasteiger partial charge in [0.05, 0.1) is 16.8 Å². The monoisotopic (exact) mass is 389 g/mol. The summed E-state index contributed by atoms with van der Waals surface area (Å²) in [5, 5.41) is 13.2. The van der Waals surface area contributed by atoms with Crippen LogP contribution in [0.2, 0.25) is 0 Å². The molecule has 2 atom stereocenters. The second-order valence-corrected chi connectivity index (χ2v) is 6.74. The van der Waals surface area contributed by atoms with E-state index in [1.165, 1.54) is 24.3 Å². The molecule has 2 aliphatic rings. The fourth-order valence-corrected chi connectivity index (χ4v) is 3.63. The van der Waals surface area contributed by atoms with Gasteiger partial charge in [-0.2, -0.15) is 0 Å². The largest absolute Gasteiger partial charge is 0.454 e. The molecule has 0 unspecified atom stereocenters. The molecule has 1 aliphatic carbocycles. The zero-order chi connectivity index (χ0) is 20.3. The molecule has 1 aromatic rings. The summed E-state index contributed by atoms with van der Waals surface area (Å²) in [6.07, 6.45) is 3.03. The van der Waals surface area contributed by atoms with Gasteiger partial charge in [-0.3, -0.25) is 34.2 Å². The first kappa shape index (κ1) is 19.5. The van der Waals surface area contributed by atoms with Gasteiger partial charge in [-0.05, 0) is 18.9 Å². The third-order valence-corrected chi connectivity index (χ3v) is 4.96. The van der Waals surface area contributed by atoms with Crippen LogP contribution in [0.25, 0.3) is 0 Å². The lowest BCUT2D eigenvalue weighted by Gasteiger charge is -2.19. The number of esters is 1. The van der Waals surface area contributed by atoms with Crippen LogP contribution in [-0.2, 0) is 23.9 Å². The minimum atomic E-state index is -0.891. The molecule has 0 radical (unpaired) electrons. The van der Waals surface area contributed by atoms with Crippen LogP contribution in [0.4, 0.5) is 11.4 Å². The van der Waals surface area contributed by atoms with Crippen molar-refractivity contribution in [3.8, 4) is 0 Å². The molecule has 0 spiro atoms. The lowest BCUT2D eigenvalue weighted by atomic mass is 9.81. The molecule has 3 amide bonds. The zero-order valence-corrected chi connectivity index (χ0v) is 15.0. The second kappa shape index (κ2) is 8.15. The summed E-state index contributed by atoms with van der Waals surface area (Å²) in [7, 11) is 0. The van der Waals surface area contributed by atoms with Crippen LogP contribution in [0.15, 0.2) is 24.3 Å². The van der Waals surface area contributed by atoms with E-state index in [4.69, 9.17) is 4.74 Å². The molecule has 0 bridgehead atoms. The highest BCUT2D eigenvalue weighted by atomic mass is 16.6. The summed E-state index contributed by atoms with van der Waals surface area (Å²) in [5.41, 5.74) is -0.319. The Balaban J connectivity index is 1.52. The summed E-state index contributed by atoms with van der Waals surface area (Å²) in [5.74, 6) is -3.12. The molecule has 1 aromatic carbocycles. The average Bonchev–Trinajstić information content (AvgIpc) is 2.92. The lowest BCUT2D eigenvalue weighted by molar-refractivity contribution is -0.383. The number of anilines is 1. The minimum Gasteiger partial charge on any atom is -0.454 e. The maximum Gasteiger partial charge on any atom is 0.326 e. The predicted octanol–water partition coefficient (Wildman–Crippen LogP) is 1.25. The van der Waals surface area contributed by atoms with E-state index in [1.54, 1.807) is 0 Å². The normalized spacial score (nSPS) is 21.2. The summed E-state index contributed by atoms with van der Waals surface area (Å²) < 4.78 is 4.82. The summed E-state index contributed by atoms with van der Waals surface area (Å²) in [6.45, 7) is -1.22. The molecule has 3 rings (SSSR count). The van der Waals surface area contributed by atoms with Crippen LogP contribution >= 0.6 is 0 Å². The van der Waals surface area contributed by atoms with Crippen molar-refractivity contribution < 1.29 is 28.8 Å². The van der Waals surface area contributed by atoms with Gasteiger partial charge in [-0.1, -0.05) is 25.0 Å². The fourth-order valence-electron chi connectivity index (χ4n) is 3.63. The van der Waals surface area contributed by atoms with E-state index in [0.29, 0.717) is 12.8 Å².